The second-order valence-electron chi connectivity index (χ2n) is 12.8. The number of alkyl carbamates (subject to hydrolysis) is 1. The molecule has 0 saturated carbocycles. The van der Waals surface area contributed by atoms with Crippen molar-refractivity contribution in [2.45, 2.75) is 79.4 Å². The Morgan fingerprint density at radius 1 is 0.638 bits per heavy atom. The lowest BCUT2D eigenvalue weighted by Crippen LogP contribution is -2.33. The lowest BCUT2D eigenvalue weighted by atomic mass is 10.0. The first-order valence-corrected chi connectivity index (χ1v) is 14.9. The second-order valence-corrected chi connectivity index (χ2v) is 12.8. The van der Waals surface area contributed by atoms with E-state index in [2.05, 4.69) is 16.7 Å². The molecule has 47 heavy (non-hydrogen) atoms. The molecule has 0 atom stereocenters. The molecule has 10 heteroatoms. The van der Waals surface area contributed by atoms with E-state index in [0.717, 1.165) is 32.7 Å². The highest BCUT2D eigenvalue weighted by atomic mass is 16.6. The van der Waals surface area contributed by atoms with Crippen LogP contribution in [-0.4, -0.2) is 52.1 Å². The van der Waals surface area contributed by atoms with Gasteiger partial charge in [0.15, 0.2) is 0 Å². The predicted octanol–water partition coefficient (Wildman–Crippen LogP) is 8.45. The SMILES string of the molecule is C.CC(C)(C)OC(=O)NCCc1ccc2cc(NC(=O)OC(C)(C)C)ccc2c1.O=C(O)CCc1ccc2cc(C(=O)O)ccc2c1. The number of ether oxygens (including phenoxy) is 2. The highest BCUT2D eigenvalue weighted by Crippen LogP contribution is 2.22. The summed E-state index contributed by atoms with van der Waals surface area (Å²) in [7, 11) is 0. The third kappa shape index (κ3) is 13.4. The van der Waals surface area contributed by atoms with Gasteiger partial charge in [-0.15, -0.1) is 0 Å². The summed E-state index contributed by atoms with van der Waals surface area (Å²) in [4.78, 5) is 44.9. The Hall–Kier alpha value is -5.12. The molecule has 0 bridgehead atoms. The zero-order valence-electron chi connectivity index (χ0n) is 27.1. The summed E-state index contributed by atoms with van der Waals surface area (Å²) in [5.41, 5.74) is 1.94. The Morgan fingerprint density at radius 2 is 1.13 bits per heavy atom. The quantitative estimate of drug-likeness (QED) is 0.149. The normalized spacial score (nSPS) is 11.0. The van der Waals surface area contributed by atoms with Crippen molar-refractivity contribution < 1.29 is 38.9 Å². The Labute approximate surface area is 276 Å². The Kier molecular flexibility index (Phi) is 13.3. The number of anilines is 1. The van der Waals surface area contributed by atoms with Crippen molar-refractivity contribution >= 4 is 51.4 Å². The Bertz CT molecular complexity index is 1720. The minimum atomic E-state index is -0.952. The third-order valence-corrected chi connectivity index (χ3v) is 6.41. The number of nitrogens with one attached hydrogen (secondary N) is 2. The molecular weight excluding hydrogens is 600 g/mol. The van der Waals surface area contributed by atoms with Crippen molar-refractivity contribution in [2.75, 3.05) is 11.9 Å². The summed E-state index contributed by atoms with van der Waals surface area (Å²) in [6.45, 7) is 11.5. The molecule has 10 nitrogen and oxygen atoms in total. The number of fused-ring (bicyclic) bond motifs is 2. The van der Waals surface area contributed by atoms with Gasteiger partial charge in [-0.05, 0) is 111 Å². The zero-order chi connectivity index (χ0) is 34.1. The highest BCUT2D eigenvalue weighted by Gasteiger charge is 2.17. The van der Waals surface area contributed by atoms with Crippen LogP contribution in [0.25, 0.3) is 21.5 Å². The molecule has 0 aromatic heterocycles. The number of hydrogen-bond acceptors (Lipinski definition) is 6. The van der Waals surface area contributed by atoms with Gasteiger partial charge in [-0.25, -0.2) is 14.4 Å². The molecular formula is C37H46N2O8. The van der Waals surface area contributed by atoms with Gasteiger partial charge in [0.25, 0.3) is 0 Å². The van der Waals surface area contributed by atoms with Gasteiger partial charge in [0, 0.05) is 18.7 Å². The van der Waals surface area contributed by atoms with E-state index in [-0.39, 0.29) is 19.4 Å². The summed E-state index contributed by atoms with van der Waals surface area (Å²) < 4.78 is 10.5. The van der Waals surface area contributed by atoms with Gasteiger partial charge in [0.2, 0.25) is 0 Å². The van der Waals surface area contributed by atoms with Gasteiger partial charge in [0.1, 0.15) is 11.2 Å². The summed E-state index contributed by atoms with van der Waals surface area (Å²) in [6.07, 6.45) is 0.389. The van der Waals surface area contributed by atoms with Crippen LogP contribution in [0.2, 0.25) is 0 Å². The van der Waals surface area contributed by atoms with Crippen molar-refractivity contribution in [2.24, 2.45) is 0 Å². The Balaban J connectivity index is 0.000000349. The van der Waals surface area contributed by atoms with E-state index in [1.54, 1.807) is 18.2 Å². The maximum atomic E-state index is 11.9. The number of carbonyl (C=O) groups is 4. The van der Waals surface area contributed by atoms with Crippen LogP contribution in [-0.2, 0) is 27.1 Å². The largest absolute Gasteiger partial charge is 0.481 e. The van der Waals surface area contributed by atoms with Crippen LogP contribution >= 0.6 is 0 Å². The molecule has 0 aliphatic rings. The van der Waals surface area contributed by atoms with Gasteiger partial charge in [0.05, 0.1) is 5.56 Å². The first kappa shape index (κ1) is 38.1. The average molecular weight is 647 g/mol. The van der Waals surface area contributed by atoms with E-state index in [1.165, 1.54) is 0 Å². The maximum Gasteiger partial charge on any atom is 0.412 e. The number of hydrogen-bond donors (Lipinski definition) is 4. The van der Waals surface area contributed by atoms with Crippen molar-refractivity contribution in [3.05, 3.63) is 89.5 Å². The molecule has 0 fully saturated rings. The van der Waals surface area contributed by atoms with Crippen LogP contribution in [0.4, 0.5) is 15.3 Å². The second kappa shape index (κ2) is 16.4. The number of amides is 2. The first-order valence-electron chi connectivity index (χ1n) is 14.9. The van der Waals surface area contributed by atoms with E-state index in [0.29, 0.717) is 25.1 Å². The monoisotopic (exact) mass is 646 g/mol. The molecule has 0 saturated heterocycles. The summed E-state index contributed by atoms with van der Waals surface area (Å²) in [6, 6.07) is 22.2. The fraction of sp³-hybridized carbons (Fsp3) is 0.351. The lowest BCUT2D eigenvalue weighted by Gasteiger charge is -2.20. The smallest absolute Gasteiger partial charge is 0.412 e. The molecule has 2 amide bonds. The van der Waals surface area contributed by atoms with E-state index < -0.39 is 35.3 Å². The van der Waals surface area contributed by atoms with Crippen molar-refractivity contribution in [1.82, 2.24) is 5.32 Å². The minimum absolute atomic E-state index is 0. The van der Waals surface area contributed by atoms with Gasteiger partial charge in [-0.1, -0.05) is 56.0 Å². The molecule has 252 valence electrons. The maximum absolute atomic E-state index is 11.9. The molecule has 0 heterocycles. The average Bonchev–Trinajstić information content (AvgIpc) is 2.94. The highest BCUT2D eigenvalue weighted by molar-refractivity contribution is 5.94. The molecule has 4 aromatic rings. The van der Waals surface area contributed by atoms with Crippen molar-refractivity contribution in [1.29, 1.82) is 0 Å². The third-order valence-electron chi connectivity index (χ3n) is 6.41. The van der Waals surface area contributed by atoms with Crippen LogP contribution in [0.5, 0.6) is 0 Å². The van der Waals surface area contributed by atoms with Gasteiger partial charge < -0.3 is 25.0 Å². The fourth-order valence-electron chi connectivity index (χ4n) is 4.41. The summed E-state index contributed by atoms with van der Waals surface area (Å²) in [5, 5.41) is 26.8. The van der Waals surface area contributed by atoms with E-state index in [9.17, 15) is 19.2 Å². The topological polar surface area (TPSA) is 151 Å². The van der Waals surface area contributed by atoms with Crippen LogP contribution in [0.1, 0.15) is 76.9 Å². The van der Waals surface area contributed by atoms with Crippen LogP contribution in [0.3, 0.4) is 0 Å². The molecule has 4 rings (SSSR count). The molecule has 0 radical (unpaired) electrons. The zero-order valence-corrected chi connectivity index (χ0v) is 27.1. The summed E-state index contributed by atoms with van der Waals surface area (Å²) >= 11 is 0. The number of rotatable bonds is 8. The number of carboxylic acids is 2. The van der Waals surface area contributed by atoms with Crippen molar-refractivity contribution in [3.8, 4) is 0 Å². The molecule has 0 aliphatic carbocycles. The van der Waals surface area contributed by atoms with Crippen LogP contribution < -0.4 is 10.6 Å². The number of carbonyl (C=O) groups excluding carboxylic acids is 2. The molecule has 0 spiro atoms. The fourth-order valence-corrected chi connectivity index (χ4v) is 4.41. The number of aliphatic carboxylic acids is 1. The number of benzene rings is 4. The molecule has 4 N–H and O–H groups in total. The van der Waals surface area contributed by atoms with Crippen molar-refractivity contribution in [3.63, 3.8) is 0 Å². The van der Waals surface area contributed by atoms with E-state index in [1.807, 2.05) is 90.1 Å². The first-order chi connectivity index (χ1) is 21.5. The molecule has 0 aliphatic heterocycles. The molecule has 4 aromatic carbocycles. The van der Waals surface area contributed by atoms with E-state index >= 15 is 0 Å². The van der Waals surface area contributed by atoms with Crippen LogP contribution in [0, 0.1) is 0 Å². The van der Waals surface area contributed by atoms with Gasteiger partial charge in [-0.3, -0.25) is 10.1 Å². The van der Waals surface area contributed by atoms with Gasteiger partial charge >= 0.3 is 24.1 Å². The van der Waals surface area contributed by atoms with E-state index in [4.69, 9.17) is 19.7 Å². The number of aromatic carboxylic acids is 1. The number of aryl methyl sites for hydroxylation is 1. The Morgan fingerprint density at radius 3 is 1.68 bits per heavy atom. The predicted molar refractivity (Wildman–Crippen MR) is 185 cm³/mol. The minimum Gasteiger partial charge on any atom is -0.481 e. The molecule has 0 unspecified atom stereocenters. The number of carboxylic acid groups (broad SMARTS) is 2. The summed E-state index contributed by atoms with van der Waals surface area (Å²) in [5.74, 6) is -1.77. The lowest BCUT2D eigenvalue weighted by molar-refractivity contribution is -0.136. The van der Waals surface area contributed by atoms with Gasteiger partial charge in [-0.2, -0.15) is 0 Å². The van der Waals surface area contributed by atoms with Crippen LogP contribution in [0.15, 0.2) is 72.8 Å². The standard InChI is InChI=1S/C22H30N2O4.C14H12O4.CH4/c1-21(2,3)27-19(25)23-12-11-15-7-8-17-14-18(10-9-16(17)13-15)24-20(26)28-22(4,5)6;15-13(16)6-2-9-1-3-11-8-12(14(17)18)5-4-10(11)7-9;/h7-10,13-14H,11-12H2,1-6H3,(H,23,25)(H,24,26);1,3-5,7-8H,2,6H2,(H,15,16)(H,17,18);1H4.